The Bertz CT molecular complexity index is 362. The van der Waals surface area contributed by atoms with Gasteiger partial charge in [0.2, 0.25) is 0 Å². The fourth-order valence-electron chi connectivity index (χ4n) is 1.48. The van der Waals surface area contributed by atoms with E-state index in [0.29, 0.717) is 6.54 Å². The molecule has 0 radical (unpaired) electrons. The molecule has 1 aromatic rings. The van der Waals surface area contributed by atoms with Crippen LogP contribution in [-0.4, -0.2) is 30.6 Å². The fourth-order valence-corrected chi connectivity index (χ4v) is 1.74. The highest BCUT2D eigenvalue weighted by Gasteiger charge is 2.09. The molecule has 0 atom stereocenters. The van der Waals surface area contributed by atoms with E-state index in [1.165, 1.54) is 5.56 Å². The van der Waals surface area contributed by atoms with Gasteiger partial charge >= 0.3 is 5.97 Å². The minimum Gasteiger partial charge on any atom is -0.462 e. The summed E-state index contributed by atoms with van der Waals surface area (Å²) in [6, 6.07) is 8.06. The molecule has 0 aliphatic heterocycles. The van der Waals surface area contributed by atoms with E-state index in [4.69, 9.17) is 4.74 Å². The number of hydrogen-bond acceptors (Lipinski definition) is 3. The van der Waals surface area contributed by atoms with Crippen LogP contribution in [0.15, 0.2) is 28.7 Å². The Labute approximate surface area is 111 Å². The van der Waals surface area contributed by atoms with Crippen LogP contribution in [0.1, 0.15) is 19.4 Å². The van der Waals surface area contributed by atoms with Gasteiger partial charge in [-0.1, -0.05) is 28.1 Å². The van der Waals surface area contributed by atoms with Gasteiger partial charge in [0.05, 0.1) is 12.6 Å². The van der Waals surface area contributed by atoms with Crippen LogP contribution in [-0.2, 0) is 16.1 Å². The van der Waals surface area contributed by atoms with Crippen molar-refractivity contribution >= 4 is 21.9 Å². The molecular formula is C13H18BrNO2. The van der Waals surface area contributed by atoms with E-state index in [-0.39, 0.29) is 12.1 Å². The molecule has 4 heteroatoms. The van der Waals surface area contributed by atoms with Crippen molar-refractivity contribution in [1.82, 2.24) is 4.90 Å². The first-order valence-electron chi connectivity index (χ1n) is 5.60. The predicted octanol–water partition coefficient (Wildman–Crippen LogP) is 2.83. The van der Waals surface area contributed by atoms with Crippen molar-refractivity contribution in [2.75, 3.05) is 13.6 Å². The Morgan fingerprint density at radius 2 is 1.94 bits per heavy atom. The van der Waals surface area contributed by atoms with E-state index in [0.717, 1.165) is 11.0 Å². The molecule has 0 saturated heterocycles. The first kappa shape index (κ1) is 14.2. The molecule has 0 unspecified atom stereocenters. The van der Waals surface area contributed by atoms with Gasteiger partial charge < -0.3 is 4.74 Å². The Hall–Kier alpha value is -0.870. The maximum absolute atomic E-state index is 11.4. The summed E-state index contributed by atoms with van der Waals surface area (Å²) in [5, 5.41) is 0. The van der Waals surface area contributed by atoms with E-state index in [1.807, 2.05) is 50.1 Å². The maximum atomic E-state index is 11.4. The Kier molecular flexibility index (Phi) is 5.65. The monoisotopic (exact) mass is 299 g/mol. The van der Waals surface area contributed by atoms with E-state index < -0.39 is 0 Å². The number of likely N-dealkylation sites (N-methyl/N-ethyl adjacent to an activating group) is 1. The van der Waals surface area contributed by atoms with Crippen LogP contribution in [0, 0.1) is 0 Å². The lowest BCUT2D eigenvalue weighted by molar-refractivity contribution is -0.148. The molecule has 0 aliphatic rings. The quantitative estimate of drug-likeness (QED) is 0.783. The second-order valence-corrected chi connectivity index (χ2v) is 5.25. The van der Waals surface area contributed by atoms with Crippen molar-refractivity contribution in [2.24, 2.45) is 0 Å². The van der Waals surface area contributed by atoms with Gasteiger partial charge in [0.1, 0.15) is 0 Å². The molecule has 0 saturated carbocycles. The van der Waals surface area contributed by atoms with Gasteiger partial charge in [0, 0.05) is 11.0 Å². The highest BCUT2D eigenvalue weighted by Crippen LogP contribution is 2.11. The van der Waals surface area contributed by atoms with Crippen LogP contribution in [0.25, 0.3) is 0 Å². The third-order valence-electron chi connectivity index (χ3n) is 2.13. The summed E-state index contributed by atoms with van der Waals surface area (Å²) in [5.41, 5.74) is 1.17. The van der Waals surface area contributed by atoms with E-state index in [2.05, 4.69) is 15.9 Å². The van der Waals surface area contributed by atoms with Crippen LogP contribution in [0.3, 0.4) is 0 Å². The summed E-state index contributed by atoms with van der Waals surface area (Å²) >= 11 is 3.39. The van der Waals surface area contributed by atoms with Crippen LogP contribution < -0.4 is 0 Å². The number of hydrogen-bond donors (Lipinski definition) is 0. The van der Waals surface area contributed by atoms with E-state index >= 15 is 0 Å². The number of ether oxygens (including phenoxy) is 1. The summed E-state index contributed by atoms with van der Waals surface area (Å²) in [6.07, 6.45) is -0.0522. The average molecular weight is 300 g/mol. The van der Waals surface area contributed by atoms with Crippen LogP contribution in [0.4, 0.5) is 0 Å². The molecule has 1 rings (SSSR count). The smallest absolute Gasteiger partial charge is 0.320 e. The van der Waals surface area contributed by atoms with Gasteiger partial charge in [-0.05, 0) is 38.6 Å². The topological polar surface area (TPSA) is 29.5 Å². The standard InChI is InChI=1S/C13H18BrNO2/c1-10(2)17-13(16)9-15(3)8-11-4-6-12(14)7-5-11/h4-7,10H,8-9H2,1-3H3. The molecule has 94 valence electrons. The zero-order valence-electron chi connectivity index (χ0n) is 10.4. The minimum atomic E-state index is -0.181. The molecular weight excluding hydrogens is 282 g/mol. The van der Waals surface area contributed by atoms with Gasteiger partial charge in [-0.3, -0.25) is 9.69 Å². The summed E-state index contributed by atoms with van der Waals surface area (Å²) in [4.78, 5) is 13.4. The van der Waals surface area contributed by atoms with Crippen molar-refractivity contribution < 1.29 is 9.53 Å². The van der Waals surface area contributed by atoms with Crippen molar-refractivity contribution in [3.8, 4) is 0 Å². The molecule has 1 aromatic carbocycles. The lowest BCUT2D eigenvalue weighted by Crippen LogP contribution is -2.28. The summed E-state index contributed by atoms with van der Waals surface area (Å²) < 4.78 is 6.15. The Balaban J connectivity index is 2.41. The summed E-state index contributed by atoms with van der Waals surface area (Å²) in [7, 11) is 1.91. The van der Waals surface area contributed by atoms with Crippen molar-refractivity contribution in [1.29, 1.82) is 0 Å². The van der Waals surface area contributed by atoms with Gasteiger partial charge in [-0.2, -0.15) is 0 Å². The zero-order valence-corrected chi connectivity index (χ0v) is 12.0. The predicted molar refractivity (Wildman–Crippen MR) is 71.7 cm³/mol. The number of nitrogens with zero attached hydrogens (tertiary/aromatic N) is 1. The second kappa shape index (κ2) is 6.77. The van der Waals surface area contributed by atoms with Gasteiger partial charge in [-0.25, -0.2) is 0 Å². The molecule has 0 spiro atoms. The number of carbonyl (C=O) groups is 1. The molecule has 3 nitrogen and oxygen atoms in total. The average Bonchev–Trinajstić information content (AvgIpc) is 2.19. The number of benzene rings is 1. The third-order valence-corrected chi connectivity index (χ3v) is 2.66. The van der Waals surface area contributed by atoms with Crippen molar-refractivity contribution in [2.45, 2.75) is 26.5 Å². The number of rotatable bonds is 5. The lowest BCUT2D eigenvalue weighted by atomic mass is 10.2. The SMILES string of the molecule is CC(C)OC(=O)CN(C)Cc1ccc(Br)cc1. The Morgan fingerprint density at radius 1 is 1.35 bits per heavy atom. The number of esters is 1. The van der Waals surface area contributed by atoms with Gasteiger partial charge in [-0.15, -0.1) is 0 Å². The lowest BCUT2D eigenvalue weighted by Gasteiger charge is -2.17. The fraction of sp³-hybridized carbons (Fsp3) is 0.462. The number of halogens is 1. The Morgan fingerprint density at radius 3 is 2.47 bits per heavy atom. The molecule has 17 heavy (non-hydrogen) atoms. The van der Waals surface area contributed by atoms with Gasteiger partial charge in [0.15, 0.2) is 0 Å². The first-order valence-corrected chi connectivity index (χ1v) is 6.39. The molecule has 0 heterocycles. The molecule has 0 N–H and O–H groups in total. The van der Waals surface area contributed by atoms with Crippen molar-refractivity contribution in [3.05, 3.63) is 34.3 Å². The molecule has 0 aromatic heterocycles. The second-order valence-electron chi connectivity index (χ2n) is 4.34. The highest BCUT2D eigenvalue weighted by molar-refractivity contribution is 9.10. The van der Waals surface area contributed by atoms with Crippen LogP contribution in [0.5, 0.6) is 0 Å². The molecule has 0 fully saturated rings. The maximum Gasteiger partial charge on any atom is 0.320 e. The zero-order chi connectivity index (χ0) is 12.8. The highest BCUT2D eigenvalue weighted by atomic mass is 79.9. The minimum absolute atomic E-state index is 0.0522. The third kappa shape index (κ3) is 5.84. The van der Waals surface area contributed by atoms with E-state index in [1.54, 1.807) is 0 Å². The van der Waals surface area contributed by atoms with Crippen molar-refractivity contribution in [3.63, 3.8) is 0 Å². The number of carbonyl (C=O) groups excluding carboxylic acids is 1. The summed E-state index contributed by atoms with van der Waals surface area (Å²) in [5.74, 6) is -0.181. The molecule has 0 aliphatic carbocycles. The largest absolute Gasteiger partial charge is 0.462 e. The van der Waals surface area contributed by atoms with Crippen LogP contribution >= 0.6 is 15.9 Å². The first-order chi connectivity index (χ1) is 7.97. The molecule has 0 bridgehead atoms. The molecule has 0 amide bonds. The van der Waals surface area contributed by atoms with Crippen LogP contribution in [0.2, 0.25) is 0 Å². The van der Waals surface area contributed by atoms with Gasteiger partial charge in [0.25, 0.3) is 0 Å². The van der Waals surface area contributed by atoms with E-state index in [9.17, 15) is 4.79 Å². The summed E-state index contributed by atoms with van der Waals surface area (Å²) in [6.45, 7) is 4.76. The normalized spacial score (nSPS) is 10.9.